The number of benzene rings is 2. The van der Waals surface area contributed by atoms with Crippen LogP contribution >= 0.6 is 11.6 Å². The zero-order valence-corrected chi connectivity index (χ0v) is 19.3. The van der Waals surface area contributed by atoms with E-state index in [0.717, 1.165) is 27.4 Å². The van der Waals surface area contributed by atoms with Gasteiger partial charge in [-0.05, 0) is 24.5 Å². The number of halogens is 1. The molecule has 0 spiro atoms. The number of amides is 1. The summed E-state index contributed by atoms with van der Waals surface area (Å²) in [6.45, 7) is 1.05. The number of carboxylic acids is 1. The summed E-state index contributed by atoms with van der Waals surface area (Å²) >= 11 is 6.36. The molecule has 0 saturated carbocycles. The van der Waals surface area contributed by atoms with E-state index in [1.165, 1.54) is 0 Å². The fourth-order valence-electron chi connectivity index (χ4n) is 4.06. The van der Waals surface area contributed by atoms with Crippen LogP contribution in [0.2, 0.25) is 5.02 Å². The molecular weight excluding hydrogens is 458 g/mol. The minimum atomic E-state index is -0.853. The van der Waals surface area contributed by atoms with Gasteiger partial charge in [0.25, 0.3) is 0 Å². The van der Waals surface area contributed by atoms with Gasteiger partial charge in [-0.1, -0.05) is 47.1 Å². The summed E-state index contributed by atoms with van der Waals surface area (Å²) < 4.78 is 1.59. The number of carboxylic acid groups (broad SMARTS) is 1. The first-order valence-electron chi connectivity index (χ1n) is 11.1. The number of aryl methyl sites for hydroxylation is 1. The molecule has 2 heterocycles. The van der Waals surface area contributed by atoms with Crippen molar-refractivity contribution in [2.45, 2.75) is 38.8 Å². The van der Waals surface area contributed by atoms with Crippen LogP contribution < -0.4 is 0 Å². The summed E-state index contributed by atoms with van der Waals surface area (Å²) in [7, 11) is 0. The average Bonchev–Trinajstić information content (AvgIpc) is 3.42. The van der Waals surface area contributed by atoms with Gasteiger partial charge in [-0.2, -0.15) is 0 Å². The first-order valence-corrected chi connectivity index (χ1v) is 11.5. The first kappa shape index (κ1) is 23.7. The highest BCUT2D eigenvalue weighted by molar-refractivity contribution is 6.36. The Balaban J connectivity index is 1.51. The molecule has 1 amide bonds. The maximum Gasteiger partial charge on any atom is 0.303 e. The number of aromatic amines is 1. The third-order valence-electron chi connectivity index (χ3n) is 5.70. The molecule has 0 unspecified atom stereocenters. The van der Waals surface area contributed by atoms with Gasteiger partial charge in [0, 0.05) is 36.9 Å². The lowest BCUT2D eigenvalue weighted by atomic mass is 10.1. The zero-order chi connectivity index (χ0) is 24.1. The van der Waals surface area contributed by atoms with Crippen molar-refractivity contribution >= 4 is 45.3 Å². The molecule has 2 aromatic carbocycles. The van der Waals surface area contributed by atoms with Crippen LogP contribution in [-0.2, 0) is 29.1 Å². The second-order valence-electron chi connectivity index (χ2n) is 8.17. The number of carbonyl (C=O) groups excluding carboxylic acids is 1. The van der Waals surface area contributed by atoms with Crippen LogP contribution in [0.5, 0.6) is 0 Å². The number of aromatic nitrogens is 4. The van der Waals surface area contributed by atoms with Gasteiger partial charge >= 0.3 is 5.97 Å². The van der Waals surface area contributed by atoms with Crippen molar-refractivity contribution < 1.29 is 19.8 Å². The number of aliphatic carboxylic acids is 1. The number of rotatable bonds is 11. The highest BCUT2D eigenvalue weighted by atomic mass is 35.5. The van der Waals surface area contributed by atoms with Gasteiger partial charge in [-0.25, -0.2) is 0 Å². The second-order valence-corrected chi connectivity index (χ2v) is 8.57. The maximum absolute atomic E-state index is 13.3. The fourth-order valence-corrected chi connectivity index (χ4v) is 4.28. The predicted octanol–water partition coefficient (Wildman–Crippen LogP) is 3.38. The Hall–Kier alpha value is -3.43. The Morgan fingerprint density at radius 1 is 1.09 bits per heavy atom. The second kappa shape index (κ2) is 10.7. The summed E-state index contributed by atoms with van der Waals surface area (Å²) in [6, 6.07) is 11.6. The van der Waals surface area contributed by atoms with Crippen molar-refractivity contribution in [1.29, 1.82) is 0 Å². The number of para-hydroxylation sites is 2. The molecule has 0 atom stereocenters. The van der Waals surface area contributed by atoms with Crippen molar-refractivity contribution in [2.24, 2.45) is 0 Å². The minimum Gasteiger partial charge on any atom is -0.481 e. The Kier molecular flexibility index (Phi) is 7.44. The van der Waals surface area contributed by atoms with Crippen molar-refractivity contribution in [3.8, 4) is 0 Å². The zero-order valence-electron chi connectivity index (χ0n) is 18.6. The Labute approximate surface area is 200 Å². The number of carbonyl (C=O) groups is 2. The van der Waals surface area contributed by atoms with E-state index in [-0.39, 0.29) is 31.9 Å². The van der Waals surface area contributed by atoms with E-state index in [9.17, 15) is 14.7 Å². The summed E-state index contributed by atoms with van der Waals surface area (Å²) in [5.74, 6) is -0.945. The van der Waals surface area contributed by atoms with E-state index >= 15 is 0 Å². The molecule has 34 heavy (non-hydrogen) atoms. The topological polar surface area (TPSA) is 124 Å². The summed E-state index contributed by atoms with van der Waals surface area (Å²) in [5.41, 5.74) is 3.19. The van der Waals surface area contributed by atoms with Crippen molar-refractivity contribution in [3.63, 3.8) is 0 Å². The van der Waals surface area contributed by atoms with E-state index in [2.05, 4.69) is 15.3 Å². The molecule has 4 aromatic rings. The number of hydrogen-bond acceptors (Lipinski definition) is 5. The van der Waals surface area contributed by atoms with E-state index in [4.69, 9.17) is 16.7 Å². The third-order valence-corrected chi connectivity index (χ3v) is 6.02. The molecule has 2 aromatic heterocycles. The van der Waals surface area contributed by atoms with E-state index < -0.39 is 5.97 Å². The molecule has 0 aliphatic heterocycles. The lowest BCUT2D eigenvalue weighted by Crippen LogP contribution is -2.33. The van der Waals surface area contributed by atoms with Crippen LogP contribution in [0, 0.1) is 0 Å². The van der Waals surface area contributed by atoms with Crippen LogP contribution in [0.1, 0.15) is 30.5 Å². The SMILES string of the molecule is O=C(O)CCCn1cc(CN(CCCO)C(=O)Cc2cccc3c2[nH]c2c(Cl)cccc23)nn1. The molecular formula is C24H26ClN5O4. The van der Waals surface area contributed by atoms with Crippen LogP contribution in [0.15, 0.2) is 42.6 Å². The molecule has 178 valence electrons. The maximum atomic E-state index is 13.3. The quantitative estimate of drug-likeness (QED) is 0.300. The van der Waals surface area contributed by atoms with Gasteiger partial charge in [0.15, 0.2) is 0 Å². The highest BCUT2D eigenvalue weighted by Gasteiger charge is 2.19. The molecule has 0 aliphatic rings. The van der Waals surface area contributed by atoms with Crippen molar-refractivity contribution in [1.82, 2.24) is 24.9 Å². The molecule has 10 heteroatoms. The Morgan fingerprint density at radius 3 is 2.62 bits per heavy atom. The molecule has 0 saturated heterocycles. The van der Waals surface area contributed by atoms with Gasteiger partial charge in [0.1, 0.15) is 5.69 Å². The number of nitrogens with one attached hydrogen (secondary N) is 1. The van der Waals surface area contributed by atoms with Crippen LogP contribution in [-0.4, -0.2) is 60.1 Å². The first-order chi connectivity index (χ1) is 16.5. The molecule has 0 radical (unpaired) electrons. The highest BCUT2D eigenvalue weighted by Crippen LogP contribution is 2.32. The smallest absolute Gasteiger partial charge is 0.303 e. The summed E-state index contributed by atoms with van der Waals surface area (Å²) in [5, 5.41) is 28.9. The molecule has 9 nitrogen and oxygen atoms in total. The van der Waals surface area contributed by atoms with Crippen LogP contribution in [0.3, 0.4) is 0 Å². The van der Waals surface area contributed by atoms with E-state index in [0.29, 0.717) is 36.6 Å². The van der Waals surface area contributed by atoms with E-state index in [1.54, 1.807) is 15.8 Å². The van der Waals surface area contributed by atoms with Gasteiger partial charge in [0.05, 0.1) is 35.2 Å². The fraction of sp³-hybridized carbons (Fsp3) is 0.333. The number of H-pyrrole nitrogens is 1. The largest absolute Gasteiger partial charge is 0.481 e. The minimum absolute atomic E-state index is 0.0260. The van der Waals surface area contributed by atoms with Crippen molar-refractivity contribution in [3.05, 3.63) is 58.9 Å². The molecule has 0 bridgehead atoms. The lowest BCUT2D eigenvalue weighted by Gasteiger charge is -2.21. The van der Waals surface area contributed by atoms with Gasteiger partial charge < -0.3 is 20.1 Å². The van der Waals surface area contributed by atoms with Crippen molar-refractivity contribution in [2.75, 3.05) is 13.2 Å². The van der Waals surface area contributed by atoms with Gasteiger partial charge in [0.2, 0.25) is 5.91 Å². The van der Waals surface area contributed by atoms with Gasteiger partial charge in [-0.15, -0.1) is 5.10 Å². The summed E-state index contributed by atoms with van der Waals surface area (Å²) in [4.78, 5) is 29.0. The number of hydrogen-bond donors (Lipinski definition) is 3. The number of fused-ring (bicyclic) bond motifs is 3. The van der Waals surface area contributed by atoms with Gasteiger partial charge in [-0.3, -0.25) is 14.3 Å². The van der Waals surface area contributed by atoms with E-state index in [1.807, 2.05) is 36.4 Å². The lowest BCUT2D eigenvalue weighted by molar-refractivity contribution is -0.137. The predicted molar refractivity (Wildman–Crippen MR) is 129 cm³/mol. The average molecular weight is 484 g/mol. The summed E-state index contributed by atoms with van der Waals surface area (Å²) in [6.07, 6.45) is 2.86. The van der Waals surface area contributed by atoms with Crippen LogP contribution in [0.4, 0.5) is 0 Å². The Morgan fingerprint density at radius 2 is 1.85 bits per heavy atom. The standard InChI is InChI=1S/C24H26ClN5O4/c25-20-8-2-7-19-18-6-1-5-16(23(18)26-24(19)20)13-21(32)29(10-4-12-31)14-17-15-30(28-27-17)11-3-9-22(33)34/h1-2,5-8,15,26,31H,3-4,9-14H2,(H,33,34). The molecule has 0 fully saturated rings. The molecule has 0 aliphatic carbocycles. The number of aliphatic hydroxyl groups is 1. The van der Waals surface area contributed by atoms with Crippen LogP contribution in [0.25, 0.3) is 21.8 Å². The Bertz CT molecular complexity index is 1320. The number of aliphatic hydroxyl groups excluding tert-OH is 1. The molecule has 3 N–H and O–H groups in total. The molecule has 4 rings (SSSR count). The third kappa shape index (κ3) is 5.37. The normalized spacial score (nSPS) is 11.4. The number of nitrogens with zero attached hydrogens (tertiary/aromatic N) is 4. The monoisotopic (exact) mass is 483 g/mol.